The SMILES string of the molecule is O=C(CCc1nc([C@H]2CCOC2)no1)N1CCCCCC1. The van der Waals surface area contributed by atoms with Gasteiger partial charge in [0.25, 0.3) is 0 Å². The van der Waals surface area contributed by atoms with E-state index in [1.807, 2.05) is 4.90 Å². The first-order valence-electron chi connectivity index (χ1n) is 8.01. The van der Waals surface area contributed by atoms with Crippen LogP contribution in [0.25, 0.3) is 0 Å². The molecule has 0 radical (unpaired) electrons. The van der Waals surface area contributed by atoms with Gasteiger partial charge in [-0.05, 0) is 19.3 Å². The summed E-state index contributed by atoms with van der Waals surface area (Å²) < 4.78 is 10.6. The van der Waals surface area contributed by atoms with Gasteiger partial charge in [-0.15, -0.1) is 0 Å². The summed E-state index contributed by atoms with van der Waals surface area (Å²) >= 11 is 0. The molecule has 1 aromatic rings. The van der Waals surface area contributed by atoms with Crippen molar-refractivity contribution in [3.8, 4) is 0 Å². The first-order valence-corrected chi connectivity index (χ1v) is 8.01. The summed E-state index contributed by atoms with van der Waals surface area (Å²) in [5.41, 5.74) is 0. The Morgan fingerprint density at radius 2 is 2.05 bits per heavy atom. The highest BCUT2D eigenvalue weighted by Gasteiger charge is 2.23. The van der Waals surface area contributed by atoms with Crippen LogP contribution in [0, 0.1) is 0 Å². The molecular weight excluding hydrogens is 270 g/mol. The maximum atomic E-state index is 12.2. The summed E-state index contributed by atoms with van der Waals surface area (Å²) in [4.78, 5) is 18.6. The van der Waals surface area contributed by atoms with E-state index in [4.69, 9.17) is 9.26 Å². The number of hydrogen-bond acceptors (Lipinski definition) is 5. The molecule has 1 amide bonds. The second-order valence-electron chi connectivity index (χ2n) is 5.90. The molecule has 21 heavy (non-hydrogen) atoms. The van der Waals surface area contributed by atoms with Gasteiger partial charge in [0.2, 0.25) is 11.8 Å². The van der Waals surface area contributed by atoms with Crippen molar-refractivity contribution in [3.63, 3.8) is 0 Å². The van der Waals surface area contributed by atoms with Gasteiger partial charge in [0.1, 0.15) is 0 Å². The summed E-state index contributed by atoms with van der Waals surface area (Å²) in [5, 5.41) is 4.01. The van der Waals surface area contributed by atoms with Crippen molar-refractivity contribution in [2.75, 3.05) is 26.3 Å². The molecule has 1 aromatic heterocycles. The number of aryl methyl sites for hydroxylation is 1. The molecule has 2 aliphatic rings. The Morgan fingerprint density at radius 1 is 1.24 bits per heavy atom. The zero-order valence-electron chi connectivity index (χ0n) is 12.4. The molecule has 0 bridgehead atoms. The van der Waals surface area contributed by atoms with E-state index in [2.05, 4.69) is 10.1 Å². The molecule has 0 spiro atoms. The molecule has 0 unspecified atom stereocenters. The number of ether oxygens (including phenoxy) is 1. The second-order valence-corrected chi connectivity index (χ2v) is 5.90. The predicted molar refractivity (Wildman–Crippen MR) is 75.8 cm³/mol. The third-order valence-electron chi connectivity index (χ3n) is 4.29. The quantitative estimate of drug-likeness (QED) is 0.848. The summed E-state index contributed by atoms with van der Waals surface area (Å²) in [6.07, 6.45) is 6.67. The van der Waals surface area contributed by atoms with E-state index in [0.29, 0.717) is 25.3 Å². The Labute approximate surface area is 124 Å². The zero-order valence-corrected chi connectivity index (χ0v) is 12.4. The van der Waals surface area contributed by atoms with Gasteiger partial charge in [0.05, 0.1) is 6.61 Å². The lowest BCUT2D eigenvalue weighted by molar-refractivity contribution is -0.131. The van der Waals surface area contributed by atoms with E-state index < -0.39 is 0 Å². The van der Waals surface area contributed by atoms with Crippen molar-refractivity contribution >= 4 is 5.91 Å². The Morgan fingerprint density at radius 3 is 2.76 bits per heavy atom. The predicted octanol–water partition coefficient (Wildman–Crippen LogP) is 1.91. The first kappa shape index (κ1) is 14.5. The minimum atomic E-state index is 0.209. The van der Waals surface area contributed by atoms with Crippen LogP contribution in [0.2, 0.25) is 0 Å². The van der Waals surface area contributed by atoms with Crippen molar-refractivity contribution in [3.05, 3.63) is 11.7 Å². The van der Waals surface area contributed by atoms with Gasteiger partial charge in [-0.2, -0.15) is 4.98 Å². The number of carbonyl (C=O) groups excluding carboxylic acids is 1. The molecule has 2 saturated heterocycles. The van der Waals surface area contributed by atoms with Crippen molar-refractivity contribution in [2.45, 2.75) is 50.9 Å². The molecule has 6 nitrogen and oxygen atoms in total. The maximum absolute atomic E-state index is 12.2. The standard InChI is InChI=1S/C15H23N3O3/c19-14(18-8-3-1-2-4-9-18)6-5-13-16-15(17-21-13)12-7-10-20-11-12/h12H,1-11H2/t12-/m0/s1. The third-order valence-corrected chi connectivity index (χ3v) is 4.29. The van der Waals surface area contributed by atoms with E-state index in [-0.39, 0.29) is 11.8 Å². The van der Waals surface area contributed by atoms with Crippen LogP contribution in [0.15, 0.2) is 4.52 Å². The number of rotatable bonds is 4. The summed E-state index contributed by atoms with van der Waals surface area (Å²) in [6.45, 7) is 3.23. The van der Waals surface area contributed by atoms with E-state index in [1.165, 1.54) is 12.8 Å². The average Bonchev–Trinajstić information content (AvgIpc) is 3.11. The van der Waals surface area contributed by atoms with Crippen LogP contribution in [0.1, 0.15) is 56.2 Å². The van der Waals surface area contributed by atoms with Crippen LogP contribution in [0.5, 0.6) is 0 Å². The van der Waals surface area contributed by atoms with Crippen LogP contribution in [0.4, 0.5) is 0 Å². The highest BCUT2D eigenvalue weighted by molar-refractivity contribution is 5.76. The topological polar surface area (TPSA) is 68.5 Å². The fourth-order valence-corrected chi connectivity index (χ4v) is 2.97. The fourth-order valence-electron chi connectivity index (χ4n) is 2.97. The van der Waals surface area contributed by atoms with E-state index in [0.717, 1.165) is 44.8 Å². The number of aromatic nitrogens is 2. The van der Waals surface area contributed by atoms with Gasteiger partial charge >= 0.3 is 0 Å². The molecule has 3 heterocycles. The van der Waals surface area contributed by atoms with Crippen LogP contribution < -0.4 is 0 Å². The van der Waals surface area contributed by atoms with Gasteiger partial charge in [-0.3, -0.25) is 4.79 Å². The van der Waals surface area contributed by atoms with Crippen molar-refractivity contribution in [1.29, 1.82) is 0 Å². The maximum Gasteiger partial charge on any atom is 0.227 e. The van der Waals surface area contributed by atoms with Crippen LogP contribution in [0.3, 0.4) is 0 Å². The van der Waals surface area contributed by atoms with E-state index >= 15 is 0 Å². The Kier molecular flexibility index (Phi) is 4.85. The van der Waals surface area contributed by atoms with Crippen molar-refractivity contribution < 1.29 is 14.1 Å². The molecule has 0 aliphatic carbocycles. The van der Waals surface area contributed by atoms with Crippen LogP contribution in [-0.4, -0.2) is 47.3 Å². The Bertz CT molecular complexity index is 460. The smallest absolute Gasteiger partial charge is 0.227 e. The lowest BCUT2D eigenvalue weighted by Crippen LogP contribution is -2.31. The van der Waals surface area contributed by atoms with Gasteiger partial charge in [0, 0.05) is 38.5 Å². The summed E-state index contributed by atoms with van der Waals surface area (Å²) in [6, 6.07) is 0. The number of hydrogen-bond donors (Lipinski definition) is 0. The fraction of sp³-hybridized carbons (Fsp3) is 0.800. The van der Waals surface area contributed by atoms with Gasteiger partial charge < -0.3 is 14.2 Å². The molecule has 0 aromatic carbocycles. The molecule has 1 atom stereocenters. The van der Waals surface area contributed by atoms with Gasteiger partial charge in [-0.25, -0.2) is 0 Å². The lowest BCUT2D eigenvalue weighted by Gasteiger charge is -2.19. The average molecular weight is 293 g/mol. The third kappa shape index (κ3) is 3.81. The van der Waals surface area contributed by atoms with Crippen LogP contribution >= 0.6 is 0 Å². The van der Waals surface area contributed by atoms with Gasteiger partial charge in [0.15, 0.2) is 5.82 Å². The second kappa shape index (κ2) is 7.02. The summed E-state index contributed by atoms with van der Waals surface area (Å²) in [5.74, 6) is 1.76. The first-order chi connectivity index (χ1) is 10.3. The van der Waals surface area contributed by atoms with Crippen LogP contribution in [-0.2, 0) is 16.0 Å². The normalized spacial score (nSPS) is 23.2. The van der Waals surface area contributed by atoms with Crippen molar-refractivity contribution in [2.24, 2.45) is 0 Å². The molecular formula is C15H23N3O3. The highest BCUT2D eigenvalue weighted by Crippen LogP contribution is 2.22. The molecule has 0 saturated carbocycles. The molecule has 3 rings (SSSR count). The van der Waals surface area contributed by atoms with E-state index in [1.54, 1.807) is 0 Å². The highest BCUT2D eigenvalue weighted by atomic mass is 16.5. The number of carbonyl (C=O) groups is 1. The Balaban J connectivity index is 1.48. The van der Waals surface area contributed by atoms with Gasteiger partial charge in [-0.1, -0.05) is 18.0 Å². The number of likely N-dealkylation sites (tertiary alicyclic amines) is 1. The number of amides is 1. The largest absolute Gasteiger partial charge is 0.381 e. The molecule has 6 heteroatoms. The minimum Gasteiger partial charge on any atom is -0.381 e. The molecule has 2 fully saturated rings. The van der Waals surface area contributed by atoms with Crippen molar-refractivity contribution in [1.82, 2.24) is 15.0 Å². The molecule has 2 aliphatic heterocycles. The molecule has 116 valence electrons. The zero-order chi connectivity index (χ0) is 14.5. The van der Waals surface area contributed by atoms with E-state index in [9.17, 15) is 4.79 Å². The molecule has 0 N–H and O–H groups in total. The minimum absolute atomic E-state index is 0.209. The number of nitrogens with zero attached hydrogens (tertiary/aromatic N) is 3. The Hall–Kier alpha value is -1.43. The monoisotopic (exact) mass is 293 g/mol. The summed E-state index contributed by atoms with van der Waals surface area (Å²) in [7, 11) is 0. The lowest BCUT2D eigenvalue weighted by atomic mass is 10.1.